The van der Waals surface area contributed by atoms with Crippen LogP contribution in [-0.2, 0) is 5.41 Å². The monoisotopic (exact) mass is 866 g/mol. The molecule has 11 aromatic carbocycles. The summed E-state index contributed by atoms with van der Waals surface area (Å²) in [7, 11) is 0. The molecule has 0 amide bonds. The van der Waals surface area contributed by atoms with Crippen molar-refractivity contribution in [1.82, 2.24) is 0 Å². The van der Waals surface area contributed by atoms with Crippen LogP contribution in [0.25, 0.3) is 66.4 Å². The molecule has 1 unspecified atom stereocenters. The summed E-state index contributed by atoms with van der Waals surface area (Å²) in [5, 5.41) is 2.47. The van der Waals surface area contributed by atoms with Gasteiger partial charge < -0.3 is 9.80 Å². The van der Waals surface area contributed by atoms with E-state index < -0.39 is 0 Å². The fraction of sp³-hybridized carbons (Fsp3) is 0.0303. The van der Waals surface area contributed by atoms with Gasteiger partial charge in [0.2, 0.25) is 0 Å². The molecule has 2 nitrogen and oxygen atoms in total. The van der Waals surface area contributed by atoms with Crippen LogP contribution in [-0.4, -0.2) is 0 Å². The Morgan fingerprint density at radius 1 is 0.309 bits per heavy atom. The number of hydrogen-bond acceptors (Lipinski definition) is 2. The first kappa shape index (κ1) is 39.6. The lowest BCUT2D eigenvalue weighted by molar-refractivity contribution is 0.702. The summed E-state index contributed by atoms with van der Waals surface area (Å²) in [4.78, 5) is 4.92. The molecule has 13 rings (SSSR count). The number of nitrogens with zero attached hydrogens (tertiary/aromatic N) is 2. The molecule has 0 aromatic heterocycles. The molecule has 1 aliphatic heterocycles. The number of fused-ring (bicyclic) bond motifs is 6. The topological polar surface area (TPSA) is 6.48 Å². The first-order valence-electron chi connectivity index (χ1n) is 23.6. The lowest BCUT2D eigenvalue weighted by Crippen LogP contribution is -2.32. The third-order valence-electron chi connectivity index (χ3n) is 14.4. The predicted octanol–water partition coefficient (Wildman–Crippen LogP) is 18.1. The van der Waals surface area contributed by atoms with E-state index in [0.717, 1.165) is 17.1 Å². The van der Waals surface area contributed by atoms with Gasteiger partial charge in [-0.15, -0.1) is 0 Å². The van der Waals surface area contributed by atoms with Crippen molar-refractivity contribution in [3.8, 4) is 55.6 Å². The van der Waals surface area contributed by atoms with Crippen LogP contribution in [0.1, 0.15) is 23.6 Å². The quantitative estimate of drug-likeness (QED) is 0.150. The summed E-state index contributed by atoms with van der Waals surface area (Å²) in [6, 6.07) is 95.7. The molecule has 1 heterocycles. The maximum absolute atomic E-state index is 2.52. The smallest absolute Gasteiger partial charge is 0.0540 e. The largest absolute Gasteiger partial charge is 0.310 e. The van der Waals surface area contributed by atoms with Gasteiger partial charge in [0, 0.05) is 27.9 Å². The summed E-state index contributed by atoms with van der Waals surface area (Å²) in [6.07, 6.45) is 0. The van der Waals surface area contributed by atoms with Crippen LogP contribution in [0.15, 0.2) is 261 Å². The van der Waals surface area contributed by atoms with Crippen LogP contribution in [0.2, 0.25) is 0 Å². The zero-order chi connectivity index (χ0) is 45.2. The van der Waals surface area contributed by atoms with Crippen LogP contribution < -0.4 is 9.80 Å². The Labute approximate surface area is 398 Å². The Morgan fingerprint density at radius 3 is 1.46 bits per heavy atom. The molecule has 1 aliphatic carbocycles. The minimum Gasteiger partial charge on any atom is -0.310 e. The van der Waals surface area contributed by atoms with Crippen molar-refractivity contribution >= 4 is 44.9 Å². The Hall–Kier alpha value is -8.72. The lowest BCUT2D eigenvalue weighted by Gasteiger charge is -2.43. The molecule has 320 valence electrons. The van der Waals surface area contributed by atoms with E-state index in [0.29, 0.717) is 0 Å². The maximum atomic E-state index is 2.52. The molecule has 2 aliphatic rings. The van der Waals surface area contributed by atoms with Gasteiger partial charge in [-0.05, 0) is 151 Å². The van der Waals surface area contributed by atoms with Crippen molar-refractivity contribution in [3.63, 3.8) is 0 Å². The molecular weight excluding hydrogens is 821 g/mol. The summed E-state index contributed by atoms with van der Waals surface area (Å²) in [6.45, 7) is 2.45. The van der Waals surface area contributed by atoms with Crippen molar-refractivity contribution in [3.05, 3.63) is 278 Å². The summed E-state index contributed by atoms with van der Waals surface area (Å²) < 4.78 is 0. The Kier molecular flexibility index (Phi) is 9.33. The second-order valence-corrected chi connectivity index (χ2v) is 18.2. The van der Waals surface area contributed by atoms with Gasteiger partial charge in [0.1, 0.15) is 0 Å². The van der Waals surface area contributed by atoms with Crippen molar-refractivity contribution in [2.45, 2.75) is 12.3 Å². The first-order valence-corrected chi connectivity index (χ1v) is 23.6. The lowest BCUT2D eigenvalue weighted by atomic mass is 9.70. The van der Waals surface area contributed by atoms with Crippen molar-refractivity contribution < 1.29 is 0 Å². The predicted molar refractivity (Wildman–Crippen MR) is 286 cm³/mol. The zero-order valence-corrected chi connectivity index (χ0v) is 37.7. The molecule has 68 heavy (non-hydrogen) atoms. The normalized spacial score (nSPS) is 14.3. The number of rotatable bonds is 8. The highest BCUT2D eigenvalue weighted by atomic mass is 15.2. The fourth-order valence-electron chi connectivity index (χ4n) is 11.2. The third kappa shape index (κ3) is 6.41. The van der Waals surface area contributed by atoms with Gasteiger partial charge in [-0.3, -0.25) is 0 Å². The molecule has 0 spiro atoms. The SMILES string of the molecule is CC12c3ccccc3-c3cccc(c31)N(c1cccc3ccccc13)c1ccc(-c3ccc(N(c4ccc(-c5ccccc5)cc4)c4cc(-c5ccccc5)cc(-c5ccccc5)c4)cc3)cc12. The van der Waals surface area contributed by atoms with Crippen molar-refractivity contribution in [1.29, 1.82) is 0 Å². The van der Waals surface area contributed by atoms with Gasteiger partial charge in [0.15, 0.2) is 0 Å². The molecule has 2 heteroatoms. The van der Waals surface area contributed by atoms with E-state index in [1.165, 1.54) is 100 Å². The average molecular weight is 867 g/mol. The highest BCUT2D eigenvalue weighted by molar-refractivity contribution is 6.04. The van der Waals surface area contributed by atoms with E-state index in [-0.39, 0.29) is 5.41 Å². The minimum absolute atomic E-state index is 0.349. The number of benzene rings is 11. The van der Waals surface area contributed by atoms with E-state index in [1.807, 2.05) is 0 Å². The average Bonchev–Trinajstić information content (AvgIpc) is 3.69. The van der Waals surface area contributed by atoms with Crippen LogP contribution in [0.3, 0.4) is 0 Å². The summed E-state index contributed by atoms with van der Waals surface area (Å²) in [5.41, 5.74) is 22.7. The molecule has 11 aromatic rings. The second kappa shape index (κ2) is 16.0. The molecule has 0 bridgehead atoms. The Bertz CT molecular complexity index is 3610. The van der Waals surface area contributed by atoms with Gasteiger partial charge in [-0.1, -0.05) is 194 Å². The van der Waals surface area contributed by atoms with E-state index in [4.69, 9.17) is 0 Å². The molecule has 0 radical (unpaired) electrons. The Balaban J connectivity index is 0.962. The van der Waals surface area contributed by atoms with Gasteiger partial charge in [-0.25, -0.2) is 0 Å². The molecular formula is C66H46N2. The maximum Gasteiger partial charge on any atom is 0.0540 e. The number of anilines is 6. The van der Waals surface area contributed by atoms with Crippen LogP contribution in [0.4, 0.5) is 34.1 Å². The zero-order valence-electron chi connectivity index (χ0n) is 37.7. The second-order valence-electron chi connectivity index (χ2n) is 18.2. The van der Waals surface area contributed by atoms with Gasteiger partial charge in [0.25, 0.3) is 0 Å². The highest BCUT2D eigenvalue weighted by Crippen LogP contribution is 2.63. The van der Waals surface area contributed by atoms with Gasteiger partial charge >= 0.3 is 0 Å². The standard InChI is InChI=1S/C66H46N2/c1-66-60-28-14-13-26-58(60)59-27-16-30-64(65(59)66)68(62-29-15-24-50-23-11-12-25-57(50)62)63-40-35-51(44-61(63)66)49-33-38-55(39-34-49)67(54-36-31-48(32-37-54)45-17-5-2-6-18-45)56-42-52(46-19-7-3-8-20-46)41-53(43-56)47-21-9-4-10-22-47/h2-44H,1H3. The van der Waals surface area contributed by atoms with E-state index in [2.05, 4.69) is 278 Å². The van der Waals surface area contributed by atoms with Crippen LogP contribution in [0, 0.1) is 0 Å². The van der Waals surface area contributed by atoms with E-state index in [1.54, 1.807) is 0 Å². The van der Waals surface area contributed by atoms with Crippen molar-refractivity contribution in [2.75, 3.05) is 9.80 Å². The van der Waals surface area contributed by atoms with Gasteiger partial charge in [-0.2, -0.15) is 0 Å². The first-order chi connectivity index (χ1) is 33.6. The molecule has 0 saturated carbocycles. The van der Waals surface area contributed by atoms with Crippen LogP contribution in [0.5, 0.6) is 0 Å². The molecule has 0 N–H and O–H groups in total. The Morgan fingerprint density at radius 2 is 0.794 bits per heavy atom. The number of hydrogen-bond donors (Lipinski definition) is 0. The molecule has 0 saturated heterocycles. The minimum atomic E-state index is -0.349. The third-order valence-corrected chi connectivity index (χ3v) is 14.4. The summed E-state index contributed by atoms with van der Waals surface area (Å²) in [5.74, 6) is 0. The molecule has 1 atom stereocenters. The highest BCUT2D eigenvalue weighted by Gasteiger charge is 2.48. The van der Waals surface area contributed by atoms with E-state index in [9.17, 15) is 0 Å². The van der Waals surface area contributed by atoms with Crippen molar-refractivity contribution in [2.24, 2.45) is 0 Å². The van der Waals surface area contributed by atoms with Gasteiger partial charge in [0.05, 0.1) is 17.1 Å². The van der Waals surface area contributed by atoms with E-state index >= 15 is 0 Å². The fourth-order valence-corrected chi connectivity index (χ4v) is 11.2. The summed E-state index contributed by atoms with van der Waals surface area (Å²) >= 11 is 0. The van der Waals surface area contributed by atoms with Crippen LogP contribution >= 0.6 is 0 Å². The molecule has 0 fully saturated rings.